The fourth-order valence-corrected chi connectivity index (χ4v) is 6.55. The molecule has 0 heterocycles. The summed E-state index contributed by atoms with van der Waals surface area (Å²) < 4.78 is 0. The van der Waals surface area contributed by atoms with Crippen LogP contribution in [0.1, 0.15) is 93.9 Å². The van der Waals surface area contributed by atoms with Crippen molar-refractivity contribution in [2.24, 2.45) is 40.4 Å². The molecule has 0 N–H and O–H groups in total. The van der Waals surface area contributed by atoms with Crippen molar-refractivity contribution in [2.75, 3.05) is 0 Å². The maximum absolute atomic E-state index is 2.62. The van der Waals surface area contributed by atoms with Crippen molar-refractivity contribution in [3.63, 3.8) is 0 Å². The molecule has 0 bridgehead atoms. The molecular formula is C27H44. The van der Waals surface area contributed by atoms with Crippen LogP contribution in [0.25, 0.3) is 0 Å². The van der Waals surface area contributed by atoms with E-state index in [9.17, 15) is 0 Å². The standard InChI is InChI=1S/C27H44/c1-9-26(6,7)25-15-14-24-22(11-10-16-27(24,25)8)12-13-23-17-18(2)19(3)20(4)21(23)5/h12-13,15,18-21,24H,9-11,14,16-17H2,1-8H3/b22-12+,23-13-/t18-,19?,20+,21?,24?,27+/m1/s1. The van der Waals surface area contributed by atoms with Crippen LogP contribution in [-0.2, 0) is 0 Å². The first-order valence-electron chi connectivity index (χ1n) is 11.7. The van der Waals surface area contributed by atoms with Gasteiger partial charge in [0.15, 0.2) is 0 Å². The Hall–Kier alpha value is -0.780. The molecule has 3 aliphatic carbocycles. The SMILES string of the molecule is CCC(C)(C)C1=CCC2/C(=C/C=C3/C[C@@H](C)C(C)[C@H](C)C3C)CCC[C@]12C. The number of hydrogen-bond donors (Lipinski definition) is 0. The van der Waals surface area contributed by atoms with Gasteiger partial charge in [0, 0.05) is 0 Å². The zero-order valence-corrected chi connectivity index (χ0v) is 19.4. The van der Waals surface area contributed by atoms with Gasteiger partial charge in [-0.25, -0.2) is 0 Å². The van der Waals surface area contributed by atoms with Crippen molar-refractivity contribution in [3.05, 3.63) is 34.9 Å². The number of fused-ring (bicyclic) bond motifs is 1. The topological polar surface area (TPSA) is 0 Å². The van der Waals surface area contributed by atoms with Crippen molar-refractivity contribution in [1.82, 2.24) is 0 Å². The lowest BCUT2D eigenvalue weighted by Crippen LogP contribution is -2.35. The summed E-state index contributed by atoms with van der Waals surface area (Å²) in [5.41, 5.74) is 5.94. The minimum Gasteiger partial charge on any atom is -0.0836 e. The van der Waals surface area contributed by atoms with Gasteiger partial charge in [0.1, 0.15) is 0 Å². The van der Waals surface area contributed by atoms with Crippen LogP contribution in [0.5, 0.6) is 0 Å². The predicted molar refractivity (Wildman–Crippen MR) is 120 cm³/mol. The fourth-order valence-electron chi connectivity index (χ4n) is 6.55. The molecule has 0 aliphatic heterocycles. The zero-order valence-electron chi connectivity index (χ0n) is 19.4. The predicted octanol–water partition coefficient (Wildman–Crippen LogP) is 8.36. The van der Waals surface area contributed by atoms with Gasteiger partial charge in [-0.1, -0.05) is 90.3 Å². The molecule has 0 saturated heterocycles. The van der Waals surface area contributed by atoms with Crippen LogP contribution in [-0.4, -0.2) is 0 Å². The summed E-state index contributed by atoms with van der Waals surface area (Å²) in [4.78, 5) is 0. The summed E-state index contributed by atoms with van der Waals surface area (Å²) in [6.45, 7) is 19.7. The molecule has 3 unspecified atom stereocenters. The highest BCUT2D eigenvalue weighted by Gasteiger charge is 2.48. The van der Waals surface area contributed by atoms with Crippen LogP contribution < -0.4 is 0 Å². The Bertz CT molecular complexity index is 643. The van der Waals surface area contributed by atoms with E-state index in [0.717, 1.165) is 29.6 Å². The molecule has 152 valence electrons. The molecule has 0 radical (unpaired) electrons. The molecule has 3 rings (SSSR count). The maximum Gasteiger partial charge on any atom is -0.00425 e. The average Bonchev–Trinajstić information content (AvgIpc) is 3.00. The van der Waals surface area contributed by atoms with Gasteiger partial charge in [-0.05, 0) is 78.9 Å². The van der Waals surface area contributed by atoms with E-state index in [2.05, 4.69) is 73.6 Å². The Morgan fingerprint density at radius 2 is 1.74 bits per heavy atom. The average molecular weight is 369 g/mol. The van der Waals surface area contributed by atoms with Crippen LogP contribution in [0.4, 0.5) is 0 Å². The zero-order chi connectivity index (χ0) is 20.0. The van der Waals surface area contributed by atoms with E-state index >= 15 is 0 Å². The Kier molecular flexibility index (Phi) is 5.87. The van der Waals surface area contributed by atoms with Crippen molar-refractivity contribution >= 4 is 0 Å². The Labute approximate surface area is 169 Å². The first-order chi connectivity index (χ1) is 12.6. The summed E-state index contributed by atoms with van der Waals surface area (Å²) in [5, 5.41) is 0. The van der Waals surface area contributed by atoms with E-state index in [0.29, 0.717) is 10.8 Å². The Balaban J connectivity index is 1.85. The minimum absolute atomic E-state index is 0.350. The van der Waals surface area contributed by atoms with Gasteiger partial charge >= 0.3 is 0 Å². The third-order valence-corrected chi connectivity index (χ3v) is 9.33. The third-order valence-electron chi connectivity index (χ3n) is 9.33. The molecule has 0 nitrogen and oxygen atoms in total. The highest BCUT2D eigenvalue weighted by atomic mass is 14.5. The third kappa shape index (κ3) is 3.63. The summed E-state index contributed by atoms with van der Waals surface area (Å²) in [6, 6.07) is 0. The van der Waals surface area contributed by atoms with Gasteiger partial charge in [-0.3, -0.25) is 0 Å². The molecule has 0 aromatic heterocycles. The number of hydrogen-bond acceptors (Lipinski definition) is 0. The van der Waals surface area contributed by atoms with E-state index in [-0.39, 0.29) is 0 Å². The summed E-state index contributed by atoms with van der Waals surface area (Å²) in [7, 11) is 0. The molecule has 6 atom stereocenters. The monoisotopic (exact) mass is 368 g/mol. The highest BCUT2D eigenvalue weighted by Crippen LogP contribution is 2.59. The summed E-state index contributed by atoms with van der Waals surface area (Å²) >= 11 is 0. The van der Waals surface area contributed by atoms with E-state index in [1.54, 1.807) is 16.7 Å². The smallest absolute Gasteiger partial charge is 0.00425 e. The van der Waals surface area contributed by atoms with Gasteiger partial charge in [0.2, 0.25) is 0 Å². The van der Waals surface area contributed by atoms with Crippen LogP contribution >= 0.6 is 0 Å². The van der Waals surface area contributed by atoms with Gasteiger partial charge in [-0.15, -0.1) is 0 Å². The summed E-state index contributed by atoms with van der Waals surface area (Å²) in [6.07, 6.45) is 15.6. The largest absolute Gasteiger partial charge is 0.0836 e. The quantitative estimate of drug-likeness (QED) is 0.439. The van der Waals surface area contributed by atoms with Gasteiger partial charge in [0.25, 0.3) is 0 Å². The Morgan fingerprint density at radius 1 is 1.07 bits per heavy atom. The van der Waals surface area contributed by atoms with Crippen molar-refractivity contribution < 1.29 is 0 Å². The maximum atomic E-state index is 2.62. The first kappa shape index (κ1) is 20.9. The molecule has 27 heavy (non-hydrogen) atoms. The fraction of sp³-hybridized carbons (Fsp3) is 0.778. The normalized spacial score (nSPS) is 43.1. The molecule has 3 aliphatic rings. The second kappa shape index (κ2) is 7.57. The first-order valence-corrected chi connectivity index (χ1v) is 11.7. The lowest BCUT2D eigenvalue weighted by Gasteiger charge is -2.45. The van der Waals surface area contributed by atoms with Crippen LogP contribution in [0.15, 0.2) is 34.9 Å². The molecule has 2 fully saturated rings. The molecule has 0 amide bonds. The second-order valence-corrected chi connectivity index (χ2v) is 11.1. The van der Waals surface area contributed by atoms with Crippen LogP contribution in [0.3, 0.4) is 0 Å². The van der Waals surface area contributed by atoms with Gasteiger partial charge in [-0.2, -0.15) is 0 Å². The van der Waals surface area contributed by atoms with E-state index in [1.165, 1.54) is 38.5 Å². The molecular weight excluding hydrogens is 324 g/mol. The van der Waals surface area contributed by atoms with Crippen molar-refractivity contribution in [2.45, 2.75) is 93.9 Å². The van der Waals surface area contributed by atoms with E-state index < -0.39 is 0 Å². The van der Waals surface area contributed by atoms with Crippen molar-refractivity contribution in [1.29, 1.82) is 0 Å². The summed E-state index contributed by atoms with van der Waals surface area (Å²) in [5.74, 6) is 3.96. The molecule has 0 aromatic carbocycles. The van der Waals surface area contributed by atoms with Crippen LogP contribution in [0.2, 0.25) is 0 Å². The van der Waals surface area contributed by atoms with Crippen molar-refractivity contribution in [3.8, 4) is 0 Å². The van der Waals surface area contributed by atoms with E-state index in [4.69, 9.17) is 0 Å². The molecule has 0 heteroatoms. The van der Waals surface area contributed by atoms with E-state index in [1.807, 2.05) is 0 Å². The lowest BCUT2D eigenvalue weighted by atomic mass is 9.59. The number of allylic oxidation sites excluding steroid dienone is 6. The number of rotatable bonds is 3. The molecule has 2 saturated carbocycles. The second-order valence-electron chi connectivity index (χ2n) is 11.1. The minimum atomic E-state index is 0.350. The Morgan fingerprint density at radius 3 is 2.41 bits per heavy atom. The van der Waals surface area contributed by atoms with Gasteiger partial charge < -0.3 is 0 Å². The van der Waals surface area contributed by atoms with Crippen LogP contribution in [0, 0.1) is 40.4 Å². The molecule has 0 spiro atoms. The highest BCUT2D eigenvalue weighted by molar-refractivity contribution is 5.36. The lowest BCUT2D eigenvalue weighted by molar-refractivity contribution is 0.185. The van der Waals surface area contributed by atoms with Gasteiger partial charge in [0.05, 0.1) is 0 Å². The molecule has 0 aromatic rings.